The first-order valence-electron chi connectivity index (χ1n) is 12.7. The third-order valence-corrected chi connectivity index (χ3v) is 7.30. The molecule has 2 atom stereocenters. The van der Waals surface area contributed by atoms with Gasteiger partial charge in [-0.25, -0.2) is 9.37 Å². The minimum Gasteiger partial charge on any atom is -0.496 e. The number of amides is 2. The van der Waals surface area contributed by atoms with Crippen LogP contribution in [0.4, 0.5) is 17.6 Å². The molecular weight excluding hydrogens is 576 g/mol. The fourth-order valence-electron chi connectivity index (χ4n) is 4.64. The number of primary amides is 1. The zero-order valence-corrected chi connectivity index (χ0v) is 22.7. The largest absolute Gasteiger partial charge is 0.496 e. The number of fused-ring (bicyclic) bond motifs is 1. The Hall–Kier alpha value is -4.98. The van der Waals surface area contributed by atoms with Crippen molar-refractivity contribution in [3.63, 3.8) is 0 Å². The lowest BCUT2D eigenvalue weighted by Crippen LogP contribution is -2.51. The van der Waals surface area contributed by atoms with E-state index in [9.17, 15) is 32.3 Å². The van der Waals surface area contributed by atoms with Crippen molar-refractivity contribution >= 4 is 11.8 Å². The van der Waals surface area contributed by atoms with Gasteiger partial charge in [0, 0.05) is 22.8 Å². The Balaban J connectivity index is 1.55. The second kappa shape index (κ2) is 10.7. The second-order valence-electron chi connectivity index (χ2n) is 10.1. The van der Waals surface area contributed by atoms with Gasteiger partial charge in [-0.1, -0.05) is 5.16 Å². The highest BCUT2D eigenvalue weighted by Crippen LogP contribution is 2.47. The Bertz CT molecular complexity index is 1690. The molecule has 2 aromatic carbocycles. The predicted octanol–water partition coefficient (Wildman–Crippen LogP) is 3.87. The number of nitrogens with one attached hydrogen (secondary N) is 1. The van der Waals surface area contributed by atoms with Crippen LogP contribution >= 0.6 is 0 Å². The maximum Gasteiger partial charge on any atom is 0.424 e. The summed E-state index contributed by atoms with van der Waals surface area (Å²) in [6.07, 6.45) is -3.96. The fraction of sp³-hybridized carbons (Fsp3) is 0.241. The summed E-state index contributed by atoms with van der Waals surface area (Å²) in [4.78, 5) is 29.4. The van der Waals surface area contributed by atoms with Crippen LogP contribution in [-0.2, 0) is 15.8 Å². The van der Waals surface area contributed by atoms with Crippen molar-refractivity contribution in [2.24, 2.45) is 5.73 Å². The molecule has 0 saturated carbocycles. The molecule has 43 heavy (non-hydrogen) atoms. The normalized spacial score (nSPS) is 17.5. The number of carbonyl (C=O) groups is 2. The van der Waals surface area contributed by atoms with Gasteiger partial charge in [-0.2, -0.15) is 13.2 Å². The summed E-state index contributed by atoms with van der Waals surface area (Å²) in [6, 6.07) is 11.2. The first kappa shape index (κ1) is 29.5. The van der Waals surface area contributed by atoms with E-state index < -0.39 is 47.1 Å². The molecule has 1 aliphatic rings. The minimum absolute atomic E-state index is 0.0378. The quantitative estimate of drug-likeness (QED) is 0.258. The summed E-state index contributed by atoms with van der Waals surface area (Å²) >= 11 is 0. The van der Waals surface area contributed by atoms with E-state index in [1.165, 1.54) is 50.6 Å². The van der Waals surface area contributed by atoms with Gasteiger partial charge in [0.15, 0.2) is 5.76 Å². The van der Waals surface area contributed by atoms with E-state index in [4.69, 9.17) is 19.7 Å². The molecule has 0 spiro atoms. The van der Waals surface area contributed by atoms with E-state index in [1.807, 2.05) is 0 Å². The number of hydrogen-bond donors (Lipinski definition) is 3. The molecule has 0 saturated heterocycles. The zero-order chi connectivity index (χ0) is 31.2. The molecule has 5 rings (SSSR count). The molecule has 0 fully saturated rings. The monoisotopic (exact) mass is 600 g/mol. The van der Waals surface area contributed by atoms with Crippen LogP contribution in [0.2, 0.25) is 0 Å². The number of alkyl halides is 3. The van der Waals surface area contributed by atoms with Crippen LogP contribution in [0.25, 0.3) is 22.6 Å². The highest BCUT2D eigenvalue weighted by atomic mass is 19.4. The molecule has 10 nitrogen and oxygen atoms in total. The predicted molar refractivity (Wildman–Crippen MR) is 142 cm³/mol. The lowest BCUT2D eigenvalue weighted by molar-refractivity contribution is -0.265. The van der Waals surface area contributed by atoms with E-state index in [0.717, 1.165) is 18.2 Å². The third-order valence-electron chi connectivity index (χ3n) is 7.30. The van der Waals surface area contributed by atoms with E-state index >= 15 is 0 Å². The molecule has 0 bridgehead atoms. The highest BCUT2D eigenvalue weighted by Gasteiger charge is 2.57. The number of nitrogens with zero attached hydrogens (tertiary/aromatic N) is 2. The third kappa shape index (κ3) is 5.14. The number of hydrogen-bond acceptors (Lipinski definition) is 8. The van der Waals surface area contributed by atoms with Crippen molar-refractivity contribution in [3.8, 4) is 34.1 Å². The standard InChI is InChI=1S/C29H24F4N4O6/c1-27(26(34)39)14-42-24-19(27)12-22(37-23(24)15-3-6-17(30)7-4-15)28(40,29(31,32)33)13-35-25(38)16-5-8-18(21(11-16)41-2)20-9-10-36-43-20/h3-12,40H,13-14H2,1-2H3,(H2,34,39)(H,35,38)/t27-,28?/m0/s1. The van der Waals surface area contributed by atoms with Gasteiger partial charge < -0.3 is 30.2 Å². The number of pyridine rings is 1. The molecule has 2 aromatic heterocycles. The van der Waals surface area contributed by atoms with Crippen molar-refractivity contribution in [2.75, 3.05) is 20.3 Å². The second-order valence-corrected chi connectivity index (χ2v) is 10.1. The summed E-state index contributed by atoms with van der Waals surface area (Å²) < 4.78 is 73.5. The Kier molecular flexibility index (Phi) is 7.34. The Morgan fingerprint density at radius 2 is 1.86 bits per heavy atom. The van der Waals surface area contributed by atoms with Crippen LogP contribution in [0.3, 0.4) is 0 Å². The molecule has 14 heteroatoms. The van der Waals surface area contributed by atoms with Gasteiger partial charge >= 0.3 is 6.18 Å². The van der Waals surface area contributed by atoms with Crippen LogP contribution < -0.4 is 20.5 Å². The average Bonchev–Trinajstić information content (AvgIpc) is 3.64. The number of aromatic nitrogens is 2. The van der Waals surface area contributed by atoms with Gasteiger partial charge in [0.05, 0.1) is 31.1 Å². The smallest absolute Gasteiger partial charge is 0.424 e. The van der Waals surface area contributed by atoms with E-state index in [2.05, 4.69) is 15.5 Å². The van der Waals surface area contributed by atoms with Crippen LogP contribution in [0.5, 0.6) is 11.5 Å². The van der Waals surface area contributed by atoms with E-state index in [1.54, 1.807) is 6.07 Å². The van der Waals surface area contributed by atoms with Gasteiger partial charge in [0.25, 0.3) is 5.91 Å². The number of rotatable bonds is 8. The molecule has 1 unspecified atom stereocenters. The summed E-state index contributed by atoms with van der Waals surface area (Å²) in [5.41, 5.74) is -0.376. The first-order chi connectivity index (χ1) is 20.3. The molecule has 1 aliphatic heterocycles. The number of ether oxygens (including phenoxy) is 2. The topological polar surface area (TPSA) is 150 Å². The maximum absolute atomic E-state index is 14.6. The van der Waals surface area contributed by atoms with Crippen LogP contribution in [0.15, 0.2) is 65.3 Å². The fourth-order valence-corrected chi connectivity index (χ4v) is 4.64. The maximum atomic E-state index is 14.6. The number of benzene rings is 2. The molecular formula is C29H24F4N4O6. The lowest BCUT2D eigenvalue weighted by Gasteiger charge is -2.31. The molecule has 224 valence electrons. The van der Waals surface area contributed by atoms with Crippen LogP contribution in [-0.4, -0.2) is 53.5 Å². The lowest BCUT2D eigenvalue weighted by atomic mass is 9.81. The van der Waals surface area contributed by atoms with Gasteiger partial charge in [-0.15, -0.1) is 0 Å². The van der Waals surface area contributed by atoms with Gasteiger partial charge in [0.1, 0.15) is 35.0 Å². The number of halogens is 4. The van der Waals surface area contributed by atoms with Gasteiger partial charge in [-0.3, -0.25) is 9.59 Å². The van der Waals surface area contributed by atoms with Crippen molar-refractivity contribution in [3.05, 3.63) is 83.4 Å². The SMILES string of the molecule is COc1cc(C(=O)NCC(O)(c2cc3c(c(-c4ccc(F)cc4)n2)OC[C@]3(C)C(N)=O)C(F)(F)F)ccc1-c1ccno1. The van der Waals surface area contributed by atoms with E-state index in [0.29, 0.717) is 11.3 Å². The summed E-state index contributed by atoms with van der Waals surface area (Å²) in [5, 5.41) is 16.9. The highest BCUT2D eigenvalue weighted by molar-refractivity contribution is 5.95. The molecule has 3 heterocycles. The molecule has 4 N–H and O–H groups in total. The van der Waals surface area contributed by atoms with E-state index in [-0.39, 0.29) is 40.5 Å². The first-order valence-corrected chi connectivity index (χ1v) is 12.7. The Labute approximate surface area is 241 Å². The van der Waals surface area contributed by atoms with Gasteiger partial charge in [0.2, 0.25) is 11.5 Å². The van der Waals surface area contributed by atoms with Crippen molar-refractivity contribution in [2.45, 2.75) is 24.1 Å². The number of nitrogens with two attached hydrogens (primary N) is 1. The molecule has 0 radical (unpaired) electrons. The molecule has 2 amide bonds. The van der Waals surface area contributed by atoms with Crippen LogP contribution in [0, 0.1) is 5.82 Å². The van der Waals surface area contributed by atoms with Crippen LogP contribution in [0.1, 0.15) is 28.5 Å². The number of methoxy groups -OCH3 is 1. The summed E-state index contributed by atoms with van der Waals surface area (Å²) in [6.45, 7) is -0.280. The molecule has 0 aliphatic carbocycles. The number of carbonyl (C=O) groups excluding carboxylic acids is 2. The summed E-state index contributed by atoms with van der Waals surface area (Å²) in [7, 11) is 1.33. The number of aliphatic hydroxyl groups is 1. The zero-order valence-electron chi connectivity index (χ0n) is 22.7. The minimum atomic E-state index is -5.36. The Morgan fingerprint density at radius 1 is 1.14 bits per heavy atom. The van der Waals surface area contributed by atoms with Gasteiger partial charge in [-0.05, 0) is 55.5 Å². The van der Waals surface area contributed by atoms with Crippen molar-refractivity contribution < 1.29 is 46.3 Å². The molecule has 4 aromatic rings. The Morgan fingerprint density at radius 3 is 2.47 bits per heavy atom. The average molecular weight is 601 g/mol. The van der Waals surface area contributed by atoms with Crippen molar-refractivity contribution in [1.82, 2.24) is 15.5 Å². The summed E-state index contributed by atoms with van der Waals surface area (Å²) in [5.74, 6) is -1.98. The van der Waals surface area contributed by atoms with Crippen molar-refractivity contribution in [1.29, 1.82) is 0 Å².